The summed E-state index contributed by atoms with van der Waals surface area (Å²) in [6.07, 6.45) is 6.98. The van der Waals surface area contributed by atoms with Crippen molar-refractivity contribution in [3.05, 3.63) is 96.2 Å². The lowest BCUT2D eigenvalue weighted by Crippen LogP contribution is -2.04. The normalized spacial score (nSPS) is 11.0. The van der Waals surface area contributed by atoms with Crippen molar-refractivity contribution in [3.63, 3.8) is 0 Å². The Bertz CT molecular complexity index is 1200. The maximum Gasteiger partial charge on any atom is 0.159 e. The predicted molar refractivity (Wildman–Crippen MR) is 105 cm³/mol. The van der Waals surface area contributed by atoms with E-state index in [2.05, 4.69) is 22.2 Å². The summed E-state index contributed by atoms with van der Waals surface area (Å²) in [6, 6.07) is 23.1. The minimum atomic E-state index is 0.276. The van der Waals surface area contributed by atoms with Gasteiger partial charge < -0.3 is 4.57 Å². The fourth-order valence-corrected chi connectivity index (χ4v) is 2.93. The van der Waals surface area contributed by atoms with Gasteiger partial charge in [-0.15, -0.1) is 0 Å². The number of hydrogen-bond acceptors (Lipinski definition) is 4. The lowest BCUT2D eigenvalue weighted by atomic mass is 10.1. The lowest BCUT2D eigenvalue weighted by molar-refractivity contribution is 0.820. The molecule has 0 fully saturated rings. The van der Waals surface area contributed by atoms with Crippen LogP contribution >= 0.6 is 0 Å². The fraction of sp³-hybridized carbons (Fsp3) is 0. The molecule has 0 amide bonds. The molecule has 0 saturated carbocycles. The van der Waals surface area contributed by atoms with Gasteiger partial charge in [-0.1, -0.05) is 24.3 Å². The Labute approximate surface area is 161 Å². The quantitative estimate of drug-likeness (QED) is 0.514. The van der Waals surface area contributed by atoms with Crippen molar-refractivity contribution in [3.8, 4) is 23.6 Å². The molecular formula is C22H14N6. The second-order valence-corrected chi connectivity index (χ2v) is 5.92. The standard InChI is InChI=1S/C22H14N6/c23-15-17(14-18-8-4-5-11-25-18)21-20(16-24)22(27-12-6-7-13-27)28(26-21)19-9-2-1-3-10-19/h1-14H/b17-14+. The van der Waals surface area contributed by atoms with E-state index in [1.165, 1.54) is 0 Å². The first kappa shape index (κ1) is 17.0. The summed E-state index contributed by atoms with van der Waals surface area (Å²) in [5, 5.41) is 24.3. The van der Waals surface area contributed by atoms with Crippen LogP contribution < -0.4 is 0 Å². The predicted octanol–water partition coefficient (Wildman–Crippen LogP) is 3.99. The minimum Gasteiger partial charge on any atom is -0.307 e. The van der Waals surface area contributed by atoms with Gasteiger partial charge in [0, 0.05) is 18.6 Å². The van der Waals surface area contributed by atoms with E-state index >= 15 is 0 Å². The average Bonchev–Trinajstić information content (AvgIpc) is 3.40. The Morgan fingerprint density at radius 1 is 0.929 bits per heavy atom. The van der Waals surface area contributed by atoms with Gasteiger partial charge in [-0.05, 0) is 42.5 Å². The third kappa shape index (κ3) is 3.07. The summed E-state index contributed by atoms with van der Waals surface area (Å²) < 4.78 is 3.50. The van der Waals surface area contributed by atoms with Crippen LogP contribution in [0.5, 0.6) is 0 Å². The zero-order valence-electron chi connectivity index (χ0n) is 14.8. The molecule has 6 nitrogen and oxygen atoms in total. The summed E-state index contributed by atoms with van der Waals surface area (Å²) in [5.41, 5.74) is 2.34. The number of hydrogen-bond donors (Lipinski definition) is 0. The molecule has 0 unspecified atom stereocenters. The second-order valence-electron chi connectivity index (χ2n) is 5.92. The van der Waals surface area contributed by atoms with E-state index in [1.807, 2.05) is 65.5 Å². The van der Waals surface area contributed by atoms with Gasteiger partial charge in [0.1, 0.15) is 23.4 Å². The van der Waals surface area contributed by atoms with Crippen molar-refractivity contribution < 1.29 is 0 Å². The Balaban J connectivity index is 1.98. The summed E-state index contributed by atoms with van der Waals surface area (Å²) in [5.74, 6) is 0.580. The first-order valence-corrected chi connectivity index (χ1v) is 8.57. The molecule has 0 bridgehead atoms. The van der Waals surface area contributed by atoms with Gasteiger partial charge >= 0.3 is 0 Å². The van der Waals surface area contributed by atoms with Crippen molar-refractivity contribution in [2.24, 2.45) is 0 Å². The molecular weight excluding hydrogens is 348 g/mol. The molecule has 1 aromatic carbocycles. The van der Waals surface area contributed by atoms with E-state index in [-0.39, 0.29) is 5.57 Å². The molecule has 3 heterocycles. The molecule has 3 aromatic heterocycles. The zero-order valence-corrected chi connectivity index (χ0v) is 14.8. The molecule has 0 aliphatic heterocycles. The van der Waals surface area contributed by atoms with Gasteiger partial charge in [-0.3, -0.25) is 4.98 Å². The van der Waals surface area contributed by atoms with Crippen molar-refractivity contribution >= 4 is 11.6 Å². The third-order valence-corrected chi connectivity index (χ3v) is 4.18. The molecule has 4 rings (SSSR count). The number of rotatable bonds is 4. The van der Waals surface area contributed by atoms with Gasteiger partial charge in [0.05, 0.1) is 17.0 Å². The topological polar surface area (TPSA) is 83.2 Å². The van der Waals surface area contributed by atoms with Crippen LogP contribution in [0.25, 0.3) is 23.2 Å². The van der Waals surface area contributed by atoms with Crippen molar-refractivity contribution in [2.75, 3.05) is 0 Å². The highest BCUT2D eigenvalue weighted by Crippen LogP contribution is 2.27. The molecule has 0 spiro atoms. The number of benzene rings is 1. The Hall–Kier alpha value is -4.42. The van der Waals surface area contributed by atoms with Crippen LogP contribution in [0.15, 0.2) is 79.3 Å². The van der Waals surface area contributed by atoms with E-state index in [0.717, 1.165) is 5.69 Å². The van der Waals surface area contributed by atoms with Gasteiger partial charge in [-0.2, -0.15) is 15.6 Å². The number of nitrogens with zero attached hydrogens (tertiary/aromatic N) is 6. The fourth-order valence-electron chi connectivity index (χ4n) is 2.93. The van der Waals surface area contributed by atoms with E-state index in [0.29, 0.717) is 22.8 Å². The van der Waals surface area contributed by atoms with Crippen LogP contribution in [-0.4, -0.2) is 19.3 Å². The maximum absolute atomic E-state index is 9.90. The highest BCUT2D eigenvalue weighted by atomic mass is 15.3. The molecule has 0 aliphatic rings. The van der Waals surface area contributed by atoms with Crippen LogP contribution in [0.1, 0.15) is 17.0 Å². The van der Waals surface area contributed by atoms with E-state index in [1.54, 1.807) is 29.1 Å². The summed E-state index contributed by atoms with van der Waals surface area (Å²) in [6.45, 7) is 0. The highest BCUT2D eigenvalue weighted by molar-refractivity contribution is 5.90. The van der Waals surface area contributed by atoms with E-state index < -0.39 is 0 Å². The summed E-state index contributed by atoms with van der Waals surface area (Å²) in [4.78, 5) is 4.23. The zero-order chi connectivity index (χ0) is 19.3. The number of para-hydroxylation sites is 1. The monoisotopic (exact) mass is 362 g/mol. The third-order valence-electron chi connectivity index (χ3n) is 4.18. The summed E-state index contributed by atoms with van der Waals surface area (Å²) in [7, 11) is 0. The number of nitriles is 2. The van der Waals surface area contributed by atoms with Gasteiger partial charge in [-0.25, -0.2) is 4.68 Å². The molecule has 4 aromatic rings. The van der Waals surface area contributed by atoms with Gasteiger partial charge in [0.25, 0.3) is 0 Å². The minimum absolute atomic E-state index is 0.276. The molecule has 132 valence electrons. The average molecular weight is 362 g/mol. The highest BCUT2D eigenvalue weighted by Gasteiger charge is 2.23. The molecule has 0 saturated heterocycles. The maximum atomic E-state index is 9.90. The van der Waals surface area contributed by atoms with Crippen LogP contribution in [0.2, 0.25) is 0 Å². The second kappa shape index (κ2) is 7.45. The van der Waals surface area contributed by atoms with E-state index in [9.17, 15) is 10.5 Å². The lowest BCUT2D eigenvalue weighted by Gasteiger charge is -2.08. The van der Waals surface area contributed by atoms with Crippen LogP contribution in [-0.2, 0) is 0 Å². The number of aromatic nitrogens is 4. The molecule has 0 N–H and O–H groups in total. The molecule has 0 atom stereocenters. The largest absolute Gasteiger partial charge is 0.307 e. The van der Waals surface area contributed by atoms with Crippen molar-refractivity contribution in [1.29, 1.82) is 10.5 Å². The first-order chi connectivity index (χ1) is 13.8. The van der Waals surface area contributed by atoms with Crippen LogP contribution in [0.4, 0.5) is 0 Å². The number of allylic oxidation sites excluding steroid dienone is 1. The Morgan fingerprint density at radius 2 is 1.68 bits per heavy atom. The van der Waals surface area contributed by atoms with E-state index in [4.69, 9.17) is 0 Å². The number of pyridine rings is 1. The van der Waals surface area contributed by atoms with Gasteiger partial charge in [0.15, 0.2) is 5.82 Å². The van der Waals surface area contributed by atoms with Crippen LogP contribution in [0.3, 0.4) is 0 Å². The Kier molecular flexibility index (Phi) is 4.53. The molecule has 6 heteroatoms. The summed E-state index contributed by atoms with van der Waals surface area (Å²) >= 11 is 0. The smallest absolute Gasteiger partial charge is 0.159 e. The SMILES string of the molecule is N#C/C(=C\c1ccccn1)c1nn(-c2ccccc2)c(-n2cccc2)c1C#N. The Morgan fingerprint density at radius 3 is 2.32 bits per heavy atom. The molecule has 0 aliphatic carbocycles. The van der Waals surface area contributed by atoms with Crippen molar-refractivity contribution in [1.82, 2.24) is 19.3 Å². The van der Waals surface area contributed by atoms with Crippen LogP contribution in [0, 0.1) is 22.7 Å². The van der Waals surface area contributed by atoms with Gasteiger partial charge in [0.2, 0.25) is 0 Å². The first-order valence-electron chi connectivity index (χ1n) is 8.57. The molecule has 0 radical (unpaired) electrons. The molecule has 28 heavy (non-hydrogen) atoms. The van der Waals surface area contributed by atoms with Crippen molar-refractivity contribution in [2.45, 2.75) is 0 Å².